The van der Waals surface area contributed by atoms with Crippen LogP contribution in [0.5, 0.6) is 0 Å². The molecule has 1 aromatic carbocycles. The average Bonchev–Trinajstić information content (AvgIpc) is 2.83. The van der Waals surface area contributed by atoms with E-state index in [1.807, 2.05) is 29.5 Å². The smallest absolute Gasteiger partial charge is 0.0386 e. The second-order valence-corrected chi connectivity index (χ2v) is 5.04. The highest BCUT2D eigenvalue weighted by Crippen LogP contribution is 2.18. The predicted molar refractivity (Wildman–Crippen MR) is 76.8 cm³/mol. The maximum Gasteiger partial charge on any atom is 0.0386 e. The van der Waals surface area contributed by atoms with Crippen molar-refractivity contribution in [3.05, 3.63) is 46.7 Å². The maximum atomic E-state index is 5.82. The van der Waals surface area contributed by atoms with Gasteiger partial charge in [-0.3, -0.25) is 0 Å². The minimum absolute atomic E-state index is 0.831. The van der Waals surface area contributed by atoms with Crippen LogP contribution in [0.3, 0.4) is 0 Å². The van der Waals surface area contributed by atoms with Crippen LogP contribution in [0.1, 0.15) is 11.8 Å². The summed E-state index contributed by atoms with van der Waals surface area (Å²) in [6.07, 6.45) is 1.10. The lowest BCUT2D eigenvalue weighted by Gasteiger charge is -2.23. The Balaban J connectivity index is 2.01. The van der Waals surface area contributed by atoms with Crippen LogP contribution >= 0.6 is 11.3 Å². The first kappa shape index (κ1) is 12.0. The van der Waals surface area contributed by atoms with Crippen LogP contribution in [-0.4, -0.2) is 13.1 Å². The molecular formula is C14H18N2S. The highest BCUT2D eigenvalue weighted by molar-refractivity contribution is 7.09. The molecule has 0 radical (unpaired) electrons. The number of nitrogen functional groups attached to an aromatic ring is 1. The van der Waals surface area contributed by atoms with Crippen molar-refractivity contribution in [3.63, 3.8) is 0 Å². The second-order valence-electron chi connectivity index (χ2n) is 4.00. The van der Waals surface area contributed by atoms with Gasteiger partial charge in [0.1, 0.15) is 0 Å². The number of likely N-dealkylation sites (N-methyl/N-ethyl adjacent to an activating group) is 1. The largest absolute Gasteiger partial charge is 0.399 e. The zero-order valence-electron chi connectivity index (χ0n) is 10.1. The Morgan fingerprint density at radius 3 is 2.76 bits per heavy atom. The highest BCUT2D eigenvalue weighted by Gasteiger charge is 2.05. The molecule has 0 saturated heterocycles. The highest BCUT2D eigenvalue weighted by atomic mass is 32.1. The Bertz CT molecular complexity index is 451. The van der Waals surface area contributed by atoms with Gasteiger partial charge in [-0.15, -0.1) is 11.3 Å². The second kappa shape index (κ2) is 5.73. The van der Waals surface area contributed by atoms with Gasteiger partial charge in [-0.05, 0) is 43.0 Å². The van der Waals surface area contributed by atoms with E-state index in [9.17, 15) is 0 Å². The molecule has 0 spiro atoms. The van der Waals surface area contributed by atoms with Crippen molar-refractivity contribution in [3.8, 4) is 0 Å². The van der Waals surface area contributed by atoms with E-state index in [-0.39, 0.29) is 0 Å². The molecule has 1 heterocycles. The van der Waals surface area contributed by atoms with Crippen molar-refractivity contribution in [2.75, 3.05) is 23.7 Å². The molecule has 0 atom stereocenters. The first-order valence-corrected chi connectivity index (χ1v) is 6.80. The van der Waals surface area contributed by atoms with Gasteiger partial charge in [-0.2, -0.15) is 0 Å². The summed E-state index contributed by atoms with van der Waals surface area (Å²) in [6, 6.07) is 12.4. The van der Waals surface area contributed by atoms with Crippen LogP contribution in [0.25, 0.3) is 0 Å². The zero-order valence-corrected chi connectivity index (χ0v) is 10.9. The van der Waals surface area contributed by atoms with E-state index in [1.165, 1.54) is 10.6 Å². The fourth-order valence-electron chi connectivity index (χ4n) is 1.89. The molecule has 0 aliphatic rings. The van der Waals surface area contributed by atoms with E-state index >= 15 is 0 Å². The molecule has 3 heteroatoms. The Morgan fingerprint density at radius 2 is 2.12 bits per heavy atom. The topological polar surface area (TPSA) is 29.3 Å². The quantitative estimate of drug-likeness (QED) is 0.819. The van der Waals surface area contributed by atoms with Crippen LogP contribution in [-0.2, 0) is 6.42 Å². The van der Waals surface area contributed by atoms with E-state index < -0.39 is 0 Å². The first-order valence-electron chi connectivity index (χ1n) is 5.92. The summed E-state index contributed by atoms with van der Waals surface area (Å²) in [5.41, 5.74) is 7.86. The monoisotopic (exact) mass is 246 g/mol. The van der Waals surface area contributed by atoms with Crippen LogP contribution in [0.2, 0.25) is 0 Å². The number of anilines is 2. The van der Waals surface area contributed by atoms with E-state index in [1.54, 1.807) is 0 Å². The summed E-state index contributed by atoms with van der Waals surface area (Å²) in [7, 11) is 0. The third-order valence-corrected chi connectivity index (χ3v) is 3.76. The molecule has 0 fully saturated rings. The fourth-order valence-corrected chi connectivity index (χ4v) is 2.59. The van der Waals surface area contributed by atoms with Crippen molar-refractivity contribution in [1.29, 1.82) is 0 Å². The number of thiophene rings is 1. The minimum atomic E-state index is 0.831. The minimum Gasteiger partial charge on any atom is -0.399 e. The molecule has 2 nitrogen and oxygen atoms in total. The predicted octanol–water partition coefficient (Wildman–Crippen LogP) is 3.40. The molecule has 0 aliphatic heterocycles. The van der Waals surface area contributed by atoms with E-state index in [0.717, 1.165) is 25.2 Å². The molecule has 2 rings (SSSR count). The van der Waals surface area contributed by atoms with Crippen molar-refractivity contribution in [2.24, 2.45) is 0 Å². The lowest BCUT2D eigenvalue weighted by molar-refractivity contribution is 0.815. The van der Waals surface area contributed by atoms with E-state index in [4.69, 9.17) is 5.73 Å². The Kier molecular flexibility index (Phi) is 4.04. The van der Waals surface area contributed by atoms with Crippen molar-refractivity contribution < 1.29 is 0 Å². The number of nitrogens with two attached hydrogens (primary N) is 1. The molecule has 0 aliphatic carbocycles. The average molecular weight is 246 g/mol. The number of rotatable bonds is 5. The van der Waals surface area contributed by atoms with Crippen LogP contribution < -0.4 is 10.6 Å². The van der Waals surface area contributed by atoms with Crippen LogP contribution in [0.4, 0.5) is 11.4 Å². The van der Waals surface area contributed by atoms with Gasteiger partial charge in [0.05, 0.1) is 0 Å². The van der Waals surface area contributed by atoms with Crippen LogP contribution in [0, 0.1) is 0 Å². The molecule has 0 unspecified atom stereocenters. The molecule has 0 saturated carbocycles. The standard InChI is InChI=1S/C14H18N2S/c1-2-16(9-8-14-7-4-10-17-14)13-6-3-5-12(15)11-13/h3-7,10-11H,2,8-9,15H2,1H3. The summed E-state index contributed by atoms with van der Waals surface area (Å²) in [5.74, 6) is 0. The van der Waals surface area contributed by atoms with E-state index in [2.05, 4.69) is 35.4 Å². The maximum absolute atomic E-state index is 5.82. The van der Waals surface area contributed by atoms with Gasteiger partial charge in [0.15, 0.2) is 0 Å². The lowest BCUT2D eigenvalue weighted by Crippen LogP contribution is -2.25. The fraction of sp³-hybridized carbons (Fsp3) is 0.286. The molecule has 2 N–H and O–H groups in total. The summed E-state index contributed by atoms with van der Waals surface area (Å²) >= 11 is 1.82. The van der Waals surface area contributed by atoms with Gasteiger partial charge in [0.2, 0.25) is 0 Å². The van der Waals surface area contributed by atoms with E-state index in [0.29, 0.717) is 0 Å². The molecule has 1 aromatic heterocycles. The number of hydrogen-bond acceptors (Lipinski definition) is 3. The SMILES string of the molecule is CCN(CCc1cccs1)c1cccc(N)c1. The van der Waals surface area contributed by atoms with Crippen LogP contribution in [0.15, 0.2) is 41.8 Å². The zero-order chi connectivity index (χ0) is 12.1. The van der Waals surface area contributed by atoms with Gasteiger partial charge in [0, 0.05) is 29.3 Å². The van der Waals surface area contributed by atoms with Gasteiger partial charge < -0.3 is 10.6 Å². The van der Waals surface area contributed by atoms with Gasteiger partial charge in [-0.25, -0.2) is 0 Å². The Hall–Kier alpha value is -1.48. The third kappa shape index (κ3) is 3.24. The summed E-state index contributed by atoms with van der Waals surface area (Å²) in [4.78, 5) is 3.79. The van der Waals surface area contributed by atoms with Crippen molar-refractivity contribution in [1.82, 2.24) is 0 Å². The molecule has 2 aromatic rings. The number of nitrogens with zero attached hydrogens (tertiary/aromatic N) is 1. The first-order chi connectivity index (χ1) is 8.29. The Labute approximate surface area is 107 Å². The van der Waals surface area contributed by atoms with Gasteiger partial charge in [-0.1, -0.05) is 12.1 Å². The molecule has 17 heavy (non-hydrogen) atoms. The summed E-state index contributed by atoms with van der Waals surface area (Å²) < 4.78 is 0. The molecular weight excluding hydrogens is 228 g/mol. The normalized spacial score (nSPS) is 10.4. The number of hydrogen-bond donors (Lipinski definition) is 1. The summed E-state index contributed by atoms with van der Waals surface area (Å²) in [6.45, 7) is 4.23. The van der Waals surface area contributed by atoms with Gasteiger partial charge in [0.25, 0.3) is 0 Å². The van der Waals surface area contributed by atoms with Crippen molar-refractivity contribution in [2.45, 2.75) is 13.3 Å². The molecule has 90 valence electrons. The van der Waals surface area contributed by atoms with Crippen molar-refractivity contribution >= 4 is 22.7 Å². The molecule has 0 amide bonds. The lowest BCUT2D eigenvalue weighted by atomic mass is 10.2. The summed E-state index contributed by atoms with van der Waals surface area (Å²) in [5, 5.41) is 2.13. The van der Waals surface area contributed by atoms with Gasteiger partial charge >= 0.3 is 0 Å². The molecule has 0 bridgehead atoms. The third-order valence-electron chi connectivity index (χ3n) is 2.83. The Morgan fingerprint density at radius 1 is 1.24 bits per heavy atom. The number of benzene rings is 1.